The van der Waals surface area contributed by atoms with Crippen LogP contribution in [0.4, 0.5) is 0 Å². The number of para-hydroxylation sites is 1. The molecule has 0 spiro atoms. The second-order valence-electron chi connectivity index (χ2n) is 5.06. The van der Waals surface area contributed by atoms with E-state index in [9.17, 15) is 4.79 Å². The molecule has 22 heavy (non-hydrogen) atoms. The molecule has 4 heteroatoms. The van der Waals surface area contributed by atoms with Gasteiger partial charge in [-0.2, -0.15) is 5.10 Å². The summed E-state index contributed by atoms with van der Waals surface area (Å²) in [6, 6.07) is 18.0. The van der Waals surface area contributed by atoms with Crippen molar-refractivity contribution < 1.29 is 4.79 Å². The van der Waals surface area contributed by atoms with Crippen molar-refractivity contribution in [3.8, 4) is 16.9 Å². The van der Waals surface area contributed by atoms with Gasteiger partial charge in [0.25, 0.3) is 0 Å². The average molecular weight is 289 g/mol. The van der Waals surface area contributed by atoms with Crippen molar-refractivity contribution in [2.75, 3.05) is 0 Å². The van der Waals surface area contributed by atoms with Crippen LogP contribution in [-0.2, 0) is 11.3 Å². The fraction of sp³-hybridized carbons (Fsp3) is 0.111. The summed E-state index contributed by atoms with van der Waals surface area (Å²) < 4.78 is 1.81. The lowest BCUT2D eigenvalue weighted by Gasteiger charge is -2.01. The Kier molecular flexibility index (Phi) is 3.95. The van der Waals surface area contributed by atoms with E-state index in [1.165, 1.54) is 5.56 Å². The van der Waals surface area contributed by atoms with Crippen LogP contribution in [0, 0.1) is 6.92 Å². The molecule has 108 valence electrons. The van der Waals surface area contributed by atoms with Crippen molar-refractivity contribution in [2.24, 2.45) is 4.99 Å². The zero-order valence-electron chi connectivity index (χ0n) is 12.2. The van der Waals surface area contributed by atoms with Crippen molar-refractivity contribution in [3.05, 3.63) is 71.9 Å². The summed E-state index contributed by atoms with van der Waals surface area (Å²) in [6.07, 6.45) is 3.50. The molecular weight excluding hydrogens is 274 g/mol. The minimum absolute atomic E-state index is 0.277. The summed E-state index contributed by atoms with van der Waals surface area (Å²) in [7, 11) is 0. The second kappa shape index (κ2) is 6.20. The number of nitrogens with zero attached hydrogens (tertiary/aromatic N) is 3. The highest BCUT2D eigenvalue weighted by molar-refractivity contribution is 5.63. The molecule has 0 saturated heterocycles. The Labute approximate surface area is 128 Å². The van der Waals surface area contributed by atoms with Crippen LogP contribution in [0.15, 0.2) is 65.8 Å². The summed E-state index contributed by atoms with van der Waals surface area (Å²) in [4.78, 5) is 14.1. The van der Waals surface area contributed by atoms with E-state index in [1.807, 2.05) is 72.4 Å². The predicted octanol–water partition coefficient (Wildman–Crippen LogP) is 3.68. The SMILES string of the molecule is Cc1ccc(-c2nn(-c3ccccc3)cc2CN=C=O)cc1. The van der Waals surface area contributed by atoms with Crippen LogP contribution >= 0.6 is 0 Å². The fourth-order valence-electron chi connectivity index (χ4n) is 2.31. The number of rotatable bonds is 4. The molecule has 0 aliphatic heterocycles. The standard InChI is InChI=1S/C18H15N3O/c1-14-7-9-15(10-8-14)18-16(11-19-13-22)12-21(20-18)17-5-3-2-4-6-17/h2-10,12H,11H2,1H3. The molecular formula is C18H15N3O. The summed E-state index contributed by atoms with van der Waals surface area (Å²) in [5.41, 5.74) is 4.91. The maximum Gasteiger partial charge on any atom is 0.235 e. The minimum atomic E-state index is 0.277. The first kappa shape index (κ1) is 14.0. The van der Waals surface area contributed by atoms with Crippen LogP contribution in [-0.4, -0.2) is 15.9 Å². The predicted molar refractivity (Wildman–Crippen MR) is 85.6 cm³/mol. The normalized spacial score (nSPS) is 10.2. The summed E-state index contributed by atoms with van der Waals surface area (Å²) >= 11 is 0. The average Bonchev–Trinajstić information content (AvgIpc) is 2.98. The van der Waals surface area contributed by atoms with Crippen LogP contribution in [0.2, 0.25) is 0 Å². The molecule has 0 fully saturated rings. The van der Waals surface area contributed by atoms with E-state index in [0.29, 0.717) is 0 Å². The number of hydrogen-bond donors (Lipinski definition) is 0. The molecule has 0 aliphatic rings. The number of aliphatic imine (C=N–C) groups is 1. The zero-order valence-corrected chi connectivity index (χ0v) is 12.2. The van der Waals surface area contributed by atoms with Crippen molar-refractivity contribution >= 4 is 6.08 Å². The molecule has 0 unspecified atom stereocenters. The Morgan fingerprint density at radius 1 is 1.09 bits per heavy atom. The number of hydrogen-bond acceptors (Lipinski definition) is 3. The largest absolute Gasteiger partial charge is 0.240 e. The number of aromatic nitrogens is 2. The molecule has 0 saturated carbocycles. The third-order valence-corrected chi connectivity index (χ3v) is 3.45. The molecule has 1 heterocycles. The van der Waals surface area contributed by atoms with Gasteiger partial charge in [0, 0.05) is 17.3 Å². The molecule has 0 bridgehead atoms. The molecule has 4 nitrogen and oxygen atoms in total. The molecule has 0 N–H and O–H groups in total. The highest BCUT2D eigenvalue weighted by Gasteiger charge is 2.11. The number of benzene rings is 2. The van der Waals surface area contributed by atoms with Crippen molar-refractivity contribution in [3.63, 3.8) is 0 Å². The van der Waals surface area contributed by atoms with E-state index in [4.69, 9.17) is 0 Å². The van der Waals surface area contributed by atoms with Gasteiger partial charge in [-0.3, -0.25) is 0 Å². The summed E-state index contributed by atoms with van der Waals surface area (Å²) in [5.74, 6) is 0. The maximum absolute atomic E-state index is 10.4. The first-order valence-corrected chi connectivity index (χ1v) is 7.02. The molecule has 0 atom stereocenters. The lowest BCUT2D eigenvalue weighted by molar-refractivity contribution is 0.563. The van der Waals surface area contributed by atoms with Gasteiger partial charge < -0.3 is 0 Å². The Bertz CT molecular complexity index is 813. The van der Waals surface area contributed by atoms with Gasteiger partial charge in [-0.1, -0.05) is 48.0 Å². The molecule has 0 amide bonds. The van der Waals surface area contributed by atoms with Crippen molar-refractivity contribution in [2.45, 2.75) is 13.5 Å². The van der Waals surface area contributed by atoms with E-state index < -0.39 is 0 Å². The van der Waals surface area contributed by atoms with Crippen LogP contribution in [0.1, 0.15) is 11.1 Å². The minimum Gasteiger partial charge on any atom is -0.240 e. The number of isocyanates is 1. The van der Waals surface area contributed by atoms with E-state index in [-0.39, 0.29) is 6.54 Å². The number of aryl methyl sites for hydroxylation is 1. The van der Waals surface area contributed by atoms with Crippen LogP contribution in [0.3, 0.4) is 0 Å². The molecule has 1 aromatic heterocycles. The first-order chi connectivity index (χ1) is 10.8. The Balaban J connectivity index is 2.09. The Hall–Kier alpha value is -2.97. The molecule has 3 rings (SSSR count). The monoisotopic (exact) mass is 289 g/mol. The third-order valence-electron chi connectivity index (χ3n) is 3.45. The molecule has 0 radical (unpaired) electrons. The zero-order chi connectivity index (χ0) is 15.4. The maximum atomic E-state index is 10.4. The smallest absolute Gasteiger partial charge is 0.235 e. The van der Waals surface area contributed by atoms with Gasteiger partial charge in [0.1, 0.15) is 0 Å². The topological polar surface area (TPSA) is 47.2 Å². The summed E-state index contributed by atoms with van der Waals surface area (Å²) in [5, 5.41) is 4.66. The molecule has 3 aromatic rings. The molecule has 0 aliphatic carbocycles. The van der Waals surface area contributed by atoms with Gasteiger partial charge in [-0.15, -0.1) is 0 Å². The van der Waals surface area contributed by atoms with Crippen molar-refractivity contribution in [1.29, 1.82) is 0 Å². The quantitative estimate of drug-likeness (QED) is 0.543. The van der Waals surface area contributed by atoms with Crippen LogP contribution in [0.5, 0.6) is 0 Å². The van der Waals surface area contributed by atoms with Gasteiger partial charge in [0.2, 0.25) is 6.08 Å². The van der Waals surface area contributed by atoms with Gasteiger partial charge in [0.05, 0.1) is 17.9 Å². The van der Waals surface area contributed by atoms with E-state index in [1.54, 1.807) is 6.08 Å². The summed E-state index contributed by atoms with van der Waals surface area (Å²) in [6.45, 7) is 2.32. The van der Waals surface area contributed by atoms with Gasteiger partial charge in [0.15, 0.2) is 0 Å². The van der Waals surface area contributed by atoms with Crippen LogP contribution < -0.4 is 0 Å². The lowest BCUT2D eigenvalue weighted by atomic mass is 10.1. The highest BCUT2D eigenvalue weighted by Crippen LogP contribution is 2.24. The lowest BCUT2D eigenvalue weighted by Crippen LogP contribution is -1.93. The third kappa shape index (κ3) is 2.87. The van der Waals surface area contributed by atoms with E-state index in [0.717, 1.165) is 22.5 Å². The number of carbonyl (C=O) groups excluding carboxylic acids is 1. The van der Waals surface area contributed by atoms with E-state index >= 15 is 0 Å². The Morgan fingerprint density at radius 2 is 1.82 bits per heavy atom. The van der Waals surface area contributed by atoms with E-state index in [2.05, 4.69) is 10.1 Å². The first-order valence-electron chi connectivity index (χ1n) is 7.02. The van der Waals surface area contributed by atoms with Gasteiger partial charge >= 0.3 is 0 Å². The van der Waals surface area contributed by atoms with Gasteiger partial charge in [-0.05, 0) is 19.1 Å². The van der Waals surface area contributed by atoms with Gasteiger partial charge in [-0.25, -0.2) is 14.5 Å². The molecule has 2 aromatic carbocycles. The Morgan fingerprint density at radius 3 is 2.50 bits per heavy atom. The fourth-order valence-corrected chi connectivity index (χ4v) is 2.31. The van der Waals surface area contributed by atoms with Crippen LogP contribution in [0.25, 0.3) is 16.9 Å². The van der Waals surface area contributed by atoms with Crippen molar-refractivity contribution in [1.82, 2.24) is 9.78 Å². The highest BCUT2D eigenvalue weighted by atomic mass is 16.1. The second-order valence-corrected chi connectivity index (χ2v) is 5.06.